The molecule has 2 nitrogen and oxygen atoms in total. The third kappa shape index (κ3) is 4.35. The number of thiocarbonyl (C=S) groups is 1. The van der Waals surface area contributed by atoms with Crippen LogP contribution in [0.15, 0.2) is 18.2 Å². The Balaban J connectivity index is 1.81. The summed E-state index contributed by atoms with van der Waals surface area (Å²) in [5, 5.41) is 4.11. The SMILES string of the molecule is CC1CCC(CCNc2ccc(C(N)=S)cc2Cl)CC1. The first-order chi connectivity index (χ1) is 9.56. The van der Waals surface area contributed by atoms with Gasteiger partial charge in [-0.3, -0.25) is 0 Å². The molecule has 0 heterocycles. The van der Waals surface area contributed by atoms with E-state index in [1.54, 1.807) is 0 Å². The molecule has 1 aromatic rings. The van der Waals surface area contributed by atoms with Crippen molar-refractivity contribution in [1.82, 2.24) is 0 Å². The van der Waals surface area contributed by atoms with Crippen molar-refractivity contribution in [2.75, 3.05) is 11.9 Å². The van der Waals surface area contributed by atoms with Crippen LogP contribution in [0.25, 0.3) is 0 Å². The van der Waals surface area contributed by atoms with E-state index in [1.807, 2.05) is 18.2 Å². The average molecular weight is 311 g/mol. The molecule has 1 aliphatic rings. The van der Waals surface area contributed by atoms with Crippen LogP contribution in [-0.4, -0.2) is 11.5 Å². The fourth-order valence-electron chi connectivity index (χ4n) is 2.84. The van der Waals surface area contributed by atoms with Crippen molar-refractivity contribution >= 4 is 34.5 Å². The van der Waals surface area contributed by atoms with Crippen molar-refractivity contribution in [2.45, 2.75) is 39.0 Å². The van der Waals surface area contributed by atoms with Gasteiger partial charge < -0.3 is 11.1 Å². The highest BCUT2D eigenvalue weighted by Gasteiger charge is 2.17. The molecule has 20 heavy (non-hydrogen) atoms. The van der Waals surface area contributed by atoms with Gasteiger partial charge in [0.05, 0.1) is 10.7 Å². The van der Waals surface area contributed by atoms with Gasteiger partial charge in [0.1, 0.15) is 4.99 Å². The van der Waals surface area contributed by atoms with Gasteiger partial charge in [-0.2, -0.15) is 0 Å². The number of benzene rings is 1. The summed E-state index contributed by atoms with van der Waals surface area (Å²) in [4.78, 5) is 0.384. The number of hydrogen-bond donors (Lipinski definition) is 2. The van der Waals surface area contributed by atoms with Crippen LogP contribution in [0.3, 0.4) is 0 Å². The van der Waals surface area contributed by atoms with Crippen LogP contribution >= 0.6 is 23.8 Å². The summed E-state index contributed by atoms with van der Waals surface area (Å²) in [6, 6.07) is 5.70. The molecule has 0 unspecified atom stereocenters. The van der Waals surface area contributed by atoms with E-state index in [9.17, 15) is 0 Å². The van der Waals surface area contributed by atoms with E-state index in [2.05, 4.69) is 12.2 Å². The van der Waals surface area contributed by atoms with Crippen LogP contribution in [0.1, 0.15) is 44.6 Å². The first-order valence-corrected chi connectivity index (χ1v) is 8.18. The molecular formula is C16H23ClN2S. The molecule has 4 heteroatoms. The topological polar surface area (TPSA) is 38.0 Å². The molecule has 0 spiro atoms. The molecule has 2 rings (SSSR count). The maximum Gasteiger partial charge on any atom is 0.104 e. The van der Waals surface area contributed by atoms with E-state index in [4.69, 9.17) is 29.6 Å². The highest BCUT2D eigenvalue weighted by Crippen LogP contribution is 2.30. The van der Waals surface area contributed by atoms with Crippen LogP contribution in [-0.2, 0) is 0 Å². The van der Waals surface area contributed by atoms with Gasteiger partial charge in [-0.15, -0.1) is 0 Å². The maximum absolute atomic E-state index is 6.24. The number of hydrogen-bond acceptors (Lipinski definition) is 2. The molecule has 0 atom stereocenters. The fourth-order valence-corrected chi connectivity index (χ4v) is 3.21. The van der Waals surface area contributed by atoms with Gasteiger partial charge in [0.25, 0.3) is 0 Å². The van der Waals surface area contributed by atoms with Crippen molar-refractivity contribution in [3.63, 3.8) is 0 Å². The molecule has 0 amide bonds. The van der Waals surface area contributed by atoms with Crippen LogP contribution in [0.4, 0.5) is 5.69 Å². The lowest BCUT2D eigenvalue weighted by molar-refractivity contribution is 0.282. The number of nitrogens with two attached hydrogens (primary N) is 1. The van der Waals surface area contributed by atoms with E-state index >= 15 is 0 Å². The molecule has 1 aliphatic carbocycles. The maximum atomic E-state index is 6.24. The van der Waals surface area contributed by atoms with Gasteiger partial charge in [-0.25, -0.2) is 0 Å². The van der Waals surface area contributed by atoms with Gasteiger partial charge in [-0.1, -0.05) is 56.4 Å². The van der Waals surface area contributed by atoms with Gasteiger partial charge in [-0.05, 0) is 36.5 Å². The molecule has 110 valence electrons. The Kier molecular flexibility index (Phi) is 5.67. The first kappa shape index (κ1) is 15.6. The van der Waals surface area contributed by atoms with Crippen molar-refractivity contribution in [1.29, 1.82) is 0 Å². The summed E-state index contributed by atoms with van der Waals surface area (Å²) in [7, 11) is 0. The molecule has 0 radical (unpaired) electrons. The summed E-state index contributed by atoms with van der Waals surface area (Å²) in [5.41, 5.74) is 7.38. The Labute approximate surface area is 132 Å². The molecule has 0 saturated heterocycles. The zero-order valence-electron chi connectivity index (χ0n) is 12.0. The summed E-state index contributed by atoms with van der Waals surface area (Å²) in [6.45, 7) is 3.34. The van der Waals surface area contributed by atoms with Crippen LogP contribution in [0.2, 0.25) is 5.02 Å². The molecule has 1 fully saturated rings. The smallest absolute Gasteiger partial charge is 0.104 e. The Morgan fingerprint density at radius 1 is 1.35 bits per heavy atom. The predicted molar refractivity (Wildman–Crippen MR) is 91.6 cm³/mol. The van der Waals surface area contributed by atoms with Gasteiger partial charge >= 0.3 is 0 Å². The third-order valence-electron chi connectivity index (χ3n) is 4.26. The van der Waals surface area contributed by atoms with E-state index in [0.717, 1.165) is 29.6 Å². The molecule has 0 bridgehead atoms. The molecule has 0 aromatic heterocycles. The third-order valence-corrected chi connectivity index (χ3v) is 4.81. The first-order valence-electron chi connectivity index (χ1n) is 7.39. The Morgan fingerprint density at radius 3 is 2.65 bits per heavy atom. The van der Waals surface area contributed by atoms with Crippen molar-refractivity contribution in [3.05, 3.63) is 28.8 Å². The number of halogens is 1. The lowest BCUT2D eigenvalue weighted by atomic mass is 9.81. The minimum Gasteiger partial charge on any atom is -0.389 e. The molecule has 1 saturated carbocycles. The number of rotatable bonds is 5. The van der Waals surface area contributed by atoms with E-state index in [1.165, 1.54) is 32.1 Å². The lowest BCUT2D eigenvalue weighted by Crippen LogP contribution is -2.16. The second kappa shape index (κ2) is 7.28. The Bertz CT molecular complexity index is 468. The quantitative estimate of drug-likeness (QED) is 0.780. The highest BCUT2D eigenvalue weighted by molar-refractivity contribution is 7.80. The van der Waals surface area contributed by atoms with Gasteiger partial charge in [0, 0.05) is 12.1 Å². The molecule has 3 N–H and O–H groups in total. The lowest BCUT2D eigenvalue weighted by Gasteiger charge is -2.26. The monoisotopic (exact) mass is 310 g/mol. The largest absolute Gasteiger partial charge is 0.389 e. The normalized spacial score (nSPS) is 22.5. The molecular weight excluding hydrogens is 288 g/mol. The minimum atomic E-state index is 0.384. The zero-order valence-corrected chi connectivity index (χ0v) is 13.6. The Hall–Kier alpha value is -0.800. The Morgan fingerprint density at radius 2 is 2.05 bits per heavy atom. The summed E-state index contributed by atoms with van der Waals surface area (Å²) in [5.74, 6) is 1.79. The minimum absolute atomic E-state index is 0.384. The number of nitrogens with one attached hydrogen (secondary N) is 1. The fraction of sp³-hybridized carbons (Fsp3) is 0.562. The zero-order chi connectivity index (χ0) is 14.5. The summed E-state index contributed by atoms with van der Waals surface area (Å²) < 4.78 is 0. The van der Waals surface area contributed by atoms with Crippen LogP contribution in [0.5, 0.6) is 0 Å². The van der Waals surface area contributed by atoms with Gasteiger partial charge in [0.2, 0.25) is 0 Å². The molecule has 1 aromatic carbocycles. The standard InChI is InChI=1S/C16H23ClN2S/c1-11-2-4-12(5-3-11)8-9-19-15-7-6-13(16(18)20)10-14(15)17/h6-7,10-12,19H,2-5,8-9H2,1H3,(H2,18,20). The average Bonchev–Trinajstić information content (AvgIpc) is 2.42. The highest BCUT2D eigenvalue weighted by atomic mass is 35.5. The van der Waals surface area contributed by atoms with Crippen molar-refractivity contribution in [2.24, 2.45) is 17.6 Å². The van der Waals surface area contributed by atoms with Crippen LogP contribution in [0, 0.1) is 11.8 Å². The molecule has 0 aliphatic heterocycles. The van der Waals surface area contributed by atoms with Gasteiger partial charge in [0.15, 0.2) is 0 Å². The van der Waals surface area contributed by atoms with Crippen molar-refractivity contribution < 1.29 is 0 Å². The summed E-state index contributed by atoms with van der Waals surface area (Å²) >= 11 is 11.2. The second-order valence-corrected chi connectivity index (χ2v) is 6.75. The predicted octanol–water partition coefficient (Wildman–Crippen LogP) is 4.60. The number of anilines is 1. The summed E-state index contributed by atoms with van der Waals surface area (Å²) in [6.07, 6.45) is 6.73. The van der Waals surface area contributed by atoms with E-state index in [0.29, 0.717) is 10.0 Å². The van der Waals surface area contributed by atoms with E-state index in [-0.39, 0.29) is 0 Å². The second-order valence-electron chi connectivity index (χ2n) is 5.90. The van der Waals surface area contributed by atoms with Crippen molar-refractivity contribution in [3.8, 4) is 0 Å². The van der Waals surface area contributed by atoms with E-state index < -0.39 is 0 Å². The van der Waals surface area contributed by atoms with Crippen LogP contribution < -0.4 is 11.1 Å².